The number of carbonyl (C=O) groups excluding carboxylic acids is 1. The van der Waals surface area contributed by atoms with Crippen molar-refractivity contribution in [1.82, 2.24) is 4.31 Å². The number of rotatable bonds is 2. The molecule has 1 amide bonds. The van der Waals surface area contributed by atoms with Crippen molar-refractivity contribution in [2.24, 2.45) is 0 Å². The molecule has 0 saturated heterocycles. The van der Waals surface area contributed by atoms with Crippen LogP contribution in [0.1, 0.15) is 6.92 Å². The Bertz CT molecular complexity index is 300. The Hall–Kier alpha value is 0.806. The first-order chi connectivity index (χ1) is 5.54. The third-order valence-electron chi connectivity index (χ3n) is 0.944. The summed E-state index contributed by atoms with van der Waals surface area (Å²) in [5, 5.41) is 0. The Labute approximate surface area is 121 Å². The van der Waals surface area contributed by atoms with E-state index in [1.165, 1.54) is 0 Å². The summed E-state index contributed by atoms with van der Waals surface area (Å²) < 4.78 is 64.3. The fourth-order valence-corrected chi connectivity index (χ4v) is 1.13. The summed E-state index contributed by atoms with van der Waals surface area (Å²) in [4.78, 5) is 10.3. The molecule has 14 heavy (non-hydrogen) atoms. The van der Waals surface area contributed by atoms with Crippen LogP contribution < -0.4 is 51.4 Å². The summed E-state index contributed by atoms with van der Waals surface area (Å²) >= 11 is 0. The van der Waals surface area contributed by atoms with Crippen molar-refractivity contribution in [2.75, 3.05) is 6.54 Å². The van der Waals surface area contributed by atoms with Crippen molar-refractivity contribution in [3.05, 3.63) is 0 Å². The molecule has 0 aliphatic heterocycles. The number of hydrogen-bond acceptors (Lipinski definition) is 4. The molecule has 0 saturated carbocycles. The number of amides is 1. The zero-order chi connectivity index (χ0) is 10.9. The number of nitrogens with zero attached hydrogens (tertiary/aromatic N) is 1. The van der Waals surface area contributed by atoms with Gasteiger partial charge in [-0.05, 0) is 0 Å². The number of hydrogen-bond donors (Lipinski definition) is 0. The van der Waals surface area contributed by atoms with Gasteiger partial charge in [0.2, 0.25) is 5.91 Å². The second kappa shape index (κ2) is 5.77. The van der Waals surface area contributed by atoms with E-state index in [2.05, 4.69) is 0 Å². The van der Waals surface area contributed by atoms with Gasteiger partial charge >= 0.3 is 57.6 Å². The van der Waals surface area contributed by atoms with Crippen LogP contribution in [0.5, 0.6) is 0 Å². The van der Waals surface area contributed by atoms with Crippen LogP contribution in [0.25, 0.3) is 0 Å². The minimum absolute atomic E-state index is 0. The summed E-state index contributed by atoms with van der Waals surface area (Å²) in [7, 11) is -5.38. The smallest absolute Gasteiger partial charge is 0.731 e. The Morgan fingerprint density at radius 2 is 1.79 bits per heavy atom. The van der Waals surface area contributed by atoms with E-state index >= 15 is 0 Å². The SMILES string of the molecule is CC(=O)N(CC(F)(F)F)S(=O)(=O)[O-].[K+]. The van der Waals surface area contributed by atoms with Crippen LogP contribution in [0.3, 0.4) is 0 Å². The van der Waals surface area contributed by atoms with E-state index in [1.54, 1.807) is 0 Å². The molecule has 0 spiro atoms. The fourth-order valence-electron chi connectivity index (χ4n) is 0.511. The third kappa shape index (κ3) is 7.14. The number of alkyl halides is 3. The Morgan fingerprint density at radius 1 is 1.43 bits per heavy atom. The first-order valence-electron chi connectivity index (χ1n) is 2.85. The van der Waals surface area contributed by atoms with Gasteiger partial charge < -0.3 is 4.55 Å². The van der Waals surface area contributed by atoms with E-state index in [0.29, 0.717) is 6.92 Å². The van der Waals surface area contributed by atoms with Gasteiger partial charge in [-0.3, -0.25) is 4.79 Å². The topological polar surface area (TPSA) is 77.5 Å². The molecule has 0 unspecified atom stereocenters. The molecule has 10 heteroatoms. The molecule has 0 aromatic rings. The molecular formula is C4H5F3KNO4S. The molecule has 5 nitrogen and oxygen atoms in total. The van der Waals surface area contributed by atoms with E-state index in [4.69, 9.17) is 0 Å². The van der Waals surface area contributed by atoms with Crippen molar-refractivity contribution in [3.63, 3.8) is 0 Å². The zero-order valence-electron chi connectivity index (χ0n) is 7.33. The Kier molecular flexibility index (Phi) is 7.09. The minimum atomic E-state index is -5.38. The Balaban J connectivity index is 0. The largest absolute Gasteiger partial charge is 1.00 e. The van der Waals surface area contributed by atoms with Crippen LogP contribution in [0, 0.1) is 0 Å². The molecule has 0 aromatic heterocycles. The van der Waals surface area contributed by atoms with Gasteiger partial charge in [0.1, 0.15) is 6.54 Å². The average Bonchev–Trinajstić information content (AvgIpc) is 1.77. The first kappa shape index (κ1) is 17.2. The fraction of sp³-hybridized carbons (Fsp3) is 0.750. The summed E-state index contributed by atoms with van der Waals surface area (Å²) in [6.07, 6.45) is -4.91. The predicted octanol–water partition coefficient (Wildman–Crippen LogP) is -3.14. The van der Waals surface area contributed by atoms with E-state index in [-0.39, 0.29) is 51.4 Å². The molecule has 0 heterocycles. The molecule has 0 radical (unpaired) electrons. The van der Waals surface area contributed by atoms with E-state index in [1.807, 2.05) is 0 Å². The van der Waals surface area contributed by atoms with Crippen LogP contribution >= 0.6 is 0 Å². The molecule has 0 N–H and O–H groups in total. The Morgan fingerprint density at radius 3 is 1.86 bits per heavy atom. The number of carbonyl (C=O) groups is 1. The zero-order valence-corrected chi connectivity index (χ0v) is 11.3. The minimum Gasteiger partial charge on any atom is -0.731 e. The van der Waals surface area contributed by atoms with E-state index in [0.717, 1.165) is 0 Å². The predicted molar refractivity (Wildman–Crippen MR) is 33.1 cm³/mol. The quantitative estimate of drug-likeness (QED) is 0.388. The van der Waals surface area contributed by atoms with Gasteiger partial charge in [-0.1, -0.05) is 0 Å². The van der Waals surface area contributed by atoms with E-state index in [9.17, 15) is 30.9 Å². The van der Waals surface area contributed by atoms with Crippen molar-refractivity contribution in [3.8, 4) is 0 Å². The summed E-state index contributed by atoms with van der Waals surface area (Å²) in [5.74, 6) is -1.47. The standard InChI is InChI=1S/C4H6F3NO4S.K/c1-3(9)8(13(10,11)12)2-4(5,6)7;/h2H2,1H3,(H,10,11,12);/q;+1/p-1. The number of halogens is 3. The van der Waals surface area contributed by atoms with Crippen LogP contribution in [-0.4, -0.2) is 35.9 Å². The van der Waals surface area contributed by atoms with Crippen LogP contribution in [0.4, 0.5) is 13.2 Å². The van der Waals surface area contributed by atoms with Gasteiger partial charge in [0.05, 0.1) is 0 Å². The molecule has 0 aliphatic rings. The van der Waals surface area contributed by atoms with Gasteiger partial charge in [-0.25, -0.2) is 12.7 Å². The molecule has 78 valence electrons. The van der Waals surface area contributed by atoms with Crippen molar-refractivity contribution < 1.29 is 82.3 Å². The maximum Gasteiger partial charge on any atom is 1.00 e. The van der Waals surface area contributed by atoms with Crippen molar-refractivity contribution >= 4 is 16.2 Å². The van der Waals surface area contributed by atoms with Crippen molar-refractivity contribution in [2.45, 2.75) is 13.1 Å². The van der Waals surface area contributed by atoms with Gasteiger partial charge in [0.25, 0.3) is 0 Å². The second-order valence-electron chi connectivity index (χ2n) is 2.10. The molecule has 0 atom stereocenters. The van der Waals surface area contributed by atoms with Crippen molar-refractivity contribution in [1.29, 1.82) is 0 Å². The molecule has 0 aliphatic carbocycles. The van der Waals surface area contributed by atoms with Crippen LogP contribution in [-0.2, 0) is 15.1 Å². The maximum absolute atomic E-state index is 11.6. The summed E-state index contributed by atoms with van der Waals surface area (Å²) in [6, 6.07) is 0. The van der Waals surface area contributed by atoms with Crippen LogP contribution in [0.15, 0.2) is 0 Å². The van der Waals surface area contributed by atoms with Crippen LogP contribution in [0.2, 0.25) is 0 Å². The monoisotopic (exact) mass is 259 g/mol. The average molecular weight is 259 g/mol. The maximum atomic E-state index is 11.6. The molecule has 0 rings (SSSR count). The third-order valence-corrected chi connectivity index (χ3v) is 1.87. The molecule has 0 fully saturated rings. The van der Waals surface area contributed by atoms with Gasteiger partial charge in [-0.2, -0.15) is 13.2 Å². The van der Waals surface area contributed by atoms with E-state index < -0.39 is 33.2 Å². The summed E-state index contributed by atoms with van der Waals surface area (Å²) in [5.41, 5.74) is 0. The molecule has 0 aromatic carbocycles. The summed E-state index contributed by atoms with van der Waals surface area (Å²) in [6.45, 7) is -1.53. The second-order valence-corrected chi connectivity index (χ2v) is 3.39. The van der Waals surface area contributed by atoms with Gasteiger partial charge in [0, 0.05) is 6.92 Å². The first-order valence-corrected chi connectivity index (χ1v) is 4.21. The normalized spacial score (nSPS) is 11.8. The molecular weight excluding hydrogens is 254 g/mol. The van der Waals surface area contributed by atoms with Gasteiger partial charge in [-0.15, -0.1) is 0 Å². The molecule has 0 bridgehead atoms. The van der Waals surface area contributed by atoms with Gasteiger partial charge in [0.15, 0.2) is 10.3 Å².